The number of aromatic nitrogens is 1. The number of carbonyl (C=O) groups excluding carboxylic acids is 1. The molecule has 2 aromatic rings. The number of nitrogens with zero attached hydrogens (tertiary/aromatic N) is 1. The van der Waals surface area contributed by atoms with Crippen LogP contribution in [0.3, 0.4) is 0 Å². The monoisotopic (exact) mass is 314 g/mol. The molecule has 1 N–H and O–H groups in total. The van der Waals surface area contributed by atoms with Crippen LogP contribution in [0.5, 0.6) is 0 Å². The van der Waals surface area contributed by atoms with Gasteiger partial charge < -0.3 is 5.32 Å². The van der Waals surface area contributed by atoms with E-state index in [1.54, 1.807) is 30.5 Å². The Kier molecular flexibility index (Phi) is 4.30. The van der Waals surface area contributed by atoms with Crippen LogP contribution in [0, 0.1) is 6.92 Å². The van der Waals surface area contributed by atoms with Crippen molar-refractivity contribution >= 4 is 46.4 Å². The number of carbonyl (C=O) groups is 1. The van der Waals surface area contributed by atoms with Gasteiger partial charge in [0.25, 0.3) is 5.91 Å². The third-order valence-electron chi connectivity index (χ3n) is 2.41. The maximum atomic E-state index is 12.2. The largest absolute Gasteiger partial charge is 0.319 e. The van der Waals surface area contributed by atoms with Gasteiger partial charge in [0, 0.05) is 6.20 Å². The minimum Gasteiger partial charge on any atom is -0.319 e. The van der Waals surface area contributed by atoms with Gasteiger partial charge in [-0.25, -0.2) is 4.98 Å². The summed E-state index contributed by atoms with van der Waals surface area (Å²) in [6.07, 6.45) is 1.61. The molecule has 3 nitrogen and oxygen atoms in total. The fraction of sp³-hybridized carbons (Fsp3) is 0.0769. The second-order valence-corrected chi connectivity index (χ2v) is 5.07. The van der Waals surface area contributed by atoms with Gasteiger partial charge in [-0.1, -0.05) is 40.9 Å². The Hall–Kier alpha value is -1.29. The van der Waals surface area contributed by atoms with E-state index in [0.29, 0.717) is 5.69 Å². The fourth-order valence-electron chi connectivity index (χ4n) is 1.54. The van der Waals surface area contributed by atoms with Crippen molar-refractivity contribution < 1.29 is 4.79 Å². The zero-order valence-electron chi connectivity index (χ0n) is 9.88. The summed E-state index contributed by atoms with van der Waals surface area (Å²) in [4.78, 5) is 16.1. The lowest BCUT2D eigenvalue weighted by atomic mass is 10.2. The minimum absolute atomic E-state index is 0.210. The predicted octanol–water partition coefficient (Wildman–Crippen LogP) is 4.60. The van der Waals surface area contributed by atoms with Crippen LogP contribution < -0.4 is 5.32 Å². The van der Waals surface area contributed by atoms with Crippen molar-refractivity contribution in [1.82, 2.24) is 4.98 Å². The van der Waals surface area contributed by atoms with Crippen LogP contribution in [-0.4, -0.2) is 10.9 Å². The lowest BCUT2D eigenvalue weighted by molar-refractivity contribution is 0.102. The normalized spacial score (nSPS) is 10.3. The Labute approximate surface area is 125 Å². The number of nitrogens with one attached hydrogen (secondary N) is 1. The SMILES string of the molecule is Cc1cnc(Cl)c(NC(=O)c2c(Cl)cccc2Cl)c1. The van der Waals surface area contributed by atoms with E-state index in [4.69, 9.17) is 34.8 Å². The Morgan fingerprint density at radius 2 is 1.84 bits per heavy atom. The first-order valence-corrected chi connectivity index (χ1v) is 6.50. The standard InChI is InChI=1S/C13H9Cl3N2O/c1-7-5-10(12(16)17-6-7)18-13(19)11-8(14)3-2-4-9(11)15/h2-6H,1H3,(H,18,19). The lowest BCUT2D eigenvalue weighted by Crippen LogP contribution is -2.14. The van der Waals surface area contributed by atoms with Crippen LogP contribution in [0.15, 0.2) is 30.5 Å². The Bertz CT molecular complexity index is 624. The number of pyridine rings is 1. The van der Waals surface area contributed by atoms with E-state index in [2.05, 4.69) is 10.3 Å². The van der Waals surface area contributed by atoms with Crippen molar-refractivity contribution in [3.05, 3.63) is 56.8 Å². The average Bonchev–Trinajstić information content (AvgIpc) is 2.33. The van der Waals surface area contributed by atoms with Crippen LogP contribution in [-0.2, 0) is 0 Å². The second-order valence-electron chi connectivity index (χ2n) is 3.90. The maximum Gasteiger partial charge on any atom is 0.258 e. The number of benzene rings is 1. The molecule has 1 aromatic carbocycles. The summed E-state index contributed by atoms with van der Waals surface area (Å²) >= 11 is 17.9. The molecule has 98 valence electrons. The summed E-state index contributed by atoms with van der Waals surface area (Å²) in [5.41, 5.74) is 1.51. The number of rotatable bonds is 2. The number of hydrogen-bond donors (Lipinski definition) is 1. The highest BCUT2D eigenvalue weighted by Crippen LogP contribution is 2.27. The number of halogens is 3. The van der Waals surface area contributed by atoms with Crippen molar-refractivity contribution in [2.24, 2.45) is 0 Å². The van der Waals surface area contributed by atoms with Gasteiger partial charge in [0.2, 0.25) is 0 Å². The van der Waals surface area contributed by atoms with Gasteiger partial charge in [0.05, 0.1) is 21.3 Å². The molecule has 0 bridgehead atoms. The van der Waals surface area contributed by atoms with Crippen LogP contribution >= 0.6 is 34.8 Å². The molecule has 0 saturated carbocycles. The molecular weight excluding hydrogens is 307 g/mol. The van der Waals surface area contributed by atoms with Gasteiger partial charge in [0.15, 0.2) is 5.15 Å². The van der Waals surface area contributed by atoms with E-state index >= 15 is 0 Å². The Morgan fingerprint density at radius 3 is 2.47 bits per heavy atom. The first-order chi connectivity index (χ1) is 8.99. The third-order valence-corrected chi connectivity index (χ3v) is 3.34. The molecule has 0 spiro atoms. The highest BCUT2D eigenvalue weighted by Gasteiger charge is 2.16. The summed E-state index contributed by atoms with van der Waals surface area (Å²) in [5.74, 6) is -0.426. The molecule has 1 amide bonds. The molecule has 0 atom stereocenters. The fourth-order valence-corrected chi connectivity index (χ4v) is 2.26. The van der Waals surface area contributed by atoms with E-state index in [0.717, 1.165) is 5.56 Å². The summed E-state index contributed by atoms with van der Waals surface area (Å²) in [6, 6.07) is 6.58. The van der Waals surface area contributed by atoms with Crippen molar-refractivity contribution in [3.63, 3.8) is 0 Å². The van der Waals surface area contributed by atoms with Crippen molar-refractivity contribution in [3.8, 4) is 0 Å². The van der Waals surface area contributed by atoms with E-state index in [9.17, 15) is 4.79 Å². The molecule has 0 aliphatic heterocycles. The molecule has 1 aromatic heterocycles. The minimum atomic E-state index is -0.426. The average molecular weight is 316 g/mol. The zero-order chi connectivity index (χ0) is 14.0. The van der Waals surface area contributed by atoms with Crippen molar-refractivity contribution in [2.75, 3.05) is 5.32 Å². The summed E-state index contributed by atoms with van der Waals surface area (Å²) in [5, 5.41) is 3.42. The molecular formula is C13H9Cl3N2O. The highest BCUT2D eigenvalue weighted by atomic mass is 35.5. The van der Waals surface area contributed by atoms with Crippen molar-refractivity contribution in [2.45, 2.75) is 6.92 Å². The lowest BCUT2D eigenvalue weighted by Gasteiger charge is -2.09. The molecule has 1 heterocycles. The molecule has 2 rings (SSSR count). The van der Waals surface area contributed by atoms with Gasteiger partial charge >= 0.3 is 0 Å². The van der Waals surface area contributed by atoms with Crippen molar-refractivity contribution in [1.29, 1.82) is 0 Å². The molecule has 0 aliphatic carbocycles. The van der Waals surface area contributed by atoms with Gasteiger partial charge in [-0.05, 0) is 30.7 Å². The number of hydrogen-bond acceptors (Lipinski definition) is 2. The van der Waals surface area contributed by atoms with E-state index in [1.165, 1.54) is 0 Å². The van der Waals surface area contributed by atoms with Gasteiger partial charge in [-0.3, -0.25) is 4.79 Å². The van der Waals surface area contributed by atoms with E-state index in [-0.39, 0.29) is 20.8 Å². The van der Waals surface area contributed by atoms with Crippen LogP contribution in [0.2, 0.25) is 15.2 Å². The quantitative estimate of drug-likeness (QED) is 0.823. The zero-order valence-corrected chi connectivity index (χ0v) is 12.1. The number of amides is 1. The molecule has 0 saturated heterocycles. The van der Waals surface area contributed by atoms with E-state index in [1.807, 2.05) is 6.92 Å². The van der Waals surface area contributed by atoms with Gasteiger partial charge in [0.1, 0.15) is 0 Å². The topological polar surface area (TPSA) is 42.0 Å². The third kappa shape index (κ3) is 3.18. The Morgan fingerprint density at radius 1 is 1.21 bits per heavy atom. The molecule has 0 unspecified atom stereocenters. The Balaban J connectivity index is 2.34. The summed E-state index contributed by atoms with van der Waals surface area (Å²) in [7, 11) is 0. The number of aryl methyl sites for hydroxylation is 1. The van der Waals surface area contributed by atoms with Crippen LogP contribution in [0.1, 0.15) is 15.9 Å². The molecule has 0 aliphatic rings. The highest BCUT2D eigenvalue weighted by molar-refractivity contribution is 6.40. The van der Waals surface area contributed by atoms with E-state index < -0.39 is 5.91 Å². The van der Waals surface area contributed by atoms with Crippen LogP contribution in [0.4, 0.5) is 5.69 Å². The maximum absolute atomic E-state index is 12.2. The molecule has 6 heteroatoms. The van der Waals surface area contributed by atoms with Crippen LogP contribution in [0.25, 0.3) is 0 Å². The predicted molar refractivity (Wildman–Crippen MR) is 78.4 cm³/mol. The van der Waals surface area contributed by atoms with Gasteiger partial charge in [-0.15, -0.1) is 0 Å². The summed E-state index contributed by atoms with van der Waals surface area (Å²) in [6.45, 7) is 1.85. The first kappa shape index (κ1) is 14.1. The summed E-state index contributed by atoms with van der Waals surface area (Å²) < 4.78 is 0. The second kappa shape index (κ2) is 5.78. The molecule has 0 radical (unpaired) electrons. The molecule has 19 heavy (non-hydrogen) atoms. The smallest absolute Gasteiger partial charge is 0.258 e. The van der Waals surface area contributed by atoms with Gasteiger partial charge in [-0.2, -0.15) is 0 Å². The first-order valence-electron chi connectivity index (χ1n) is 5.36. The number of anilines is 1. The molecule has 0 fully saturated rings.